The number of aryl methyl sites for hydroxylation is 1. The van der Waals surface area contributed by atoms with E-state index < -0.39 is 0 Å². The SMILES string of the molecule is Cc1cc2c(cc1C1NCC1(C)C)OCCO2. The Bertz CT molecular complexity index is 454. The molecule has 0 saturated carbocycles. The normalized spacial score (nSPS) is 25.2. The van der Waals surface area contributed by atoms with E-state index in [2.05, 4.69) is 38.2 Å². The molecule has 2 aliphatic heterocycles. The summed E-state index contributed by atoms with van der Waals surface area (Å²) >= 11 is 0. The van der Waals surface area contributed by atoms with Gasteiger partial charge in [0.25, 0.3) is 0 Å². The maximum atomic E-state index is 5.65. The smallest absolute Gasteiger partial charge is 0.161 e. The molecule has 1 aromatic carbocycles. The molecule has 2 heterocycles. The van der Waals surface area contributed by atoms with Crippen LogP contribution in [-0.4, -0.2) is 19.8 Å². The molecule has 0 bridgehead atoms. The first kappa shape index (κ1) is 10.9. The molecule has 1 saturated heterocycles. The first-order valence-corrected chi connectivity index (χ1v) is 6.21. The van der Waals surface area contributed by atoms with Crippen molar-refractivity contribution in [2.45, 2.75) is 26.8 Å². The van der Waals surface area contributed by atoms with Crippen molar-refractivity contribution in [3.8, 4) is 11.5 Å². The zero-order valence-corrected chi connectivity index (χ0v) is 10.7. The number of fused-ring (bicyclic) bond motifs is 1. The highest BCUT2D eigenvalue weighted by molar-refractivity contribution is 5.49. The van der Waals surface area contributed by atoms with E-state index >= 15 is 0 Å². The molecule has 0 amide bonds. The van der Waals surface area contributed by atoms with Crippen LogP contribution in [0.15, 0.2) is 12.1 Å². The molecule has 3 nitrogen and oxygen atoms in total. The Labute approximate surface area is 102 Å². The minimum atomic E-state index is 0.328. The molecular formula is C14H19NO2. The van der Waals surface area contributed by atoms with Gasteiger partial charge in [-0.2, -0.15) is 0 Å². The van der Waals surface area contributed by atoms with Gasteiger partial charge in [0, 0.05) is 12.6 Å². The fourth-order valence-corrected chi connectivity index (χ4v) is 2.66. The maximum Gasteiger partial charge on any atom is 0.161 e. The zero-order chi connectivity index (χ0) is 12.0. The van der Waals surface area contributed by atoms with Gasteiger partial charge in [-0.3, -0.25) is 0 Å². The lowest BCUT2D eigenvalue weighted by molar-refractivity contribution is 0.126. The standard InChI is InChI=1S/C14H19NO2/c1-9-6-11-12(17-5-4-16-11)7-10(9)13-14(2,3)8-15-13/h6-7,13,15H,4-5,8H2,1-3H3. The Balaban J connectivity index is 2.00. The number of nitrogens with one attached hydrogen (secondary N) is 1. The van der Waals surface area contributed by atoms with E-state index in [4.69, 9.17) is 9.47 Å². The summed E-state index contributed by atoms with van der Waals surface area (Å²) < 4.78 is 11.3. The molecule has 3 heteroatoms. The third-order valence-electron chi connectivity index (χ3n) is 3.79. The lowest BCUT2D eigenvalue weighted by Crippen LogP contribution is -2.52. The number of rotatable bonds is 1. The van der Waals surface area contributed by atoms with E-state index in [-0.39, 0.29) is 0 Å². The average molecular weight is 233 g/mol. The Hall–Kier alpha value is -1.22. The number of hydrogen-bond donors (Lipinski definition) is 1. The predicted molar refractivity (Wildman–Crippen MR) is 66.7 cm³/mol. The highest BCUT2D eigenvalue weighted by Crippen LogP contribution is 2.44. The molecule has 1 N–H and O–H groups in total. The average Bonchev–Trinajstić information content (AvgIpc) is 2.29. The van der Waals surface area contributed by atoms with Gasteiger partial charge in [-0.1, -0.05) is 13.8 Å². The molecular weight excluding hydrogens is 214 g/mol. The molecule has 2 aliphatic rings. The summed E-state index contributed by atoms with van der Waals surface area (Å²) in [5, 5.41) is 3.50. The van der Waals surface area contributed by atoms with Crippen molar-refractivity contribution in [2.24, 2.45) is 5.41 Å². The van der Waals surface area contributed by atoms with Crippen LogP contribution in [0.4, 0.5) is 0 Å². The molecule has 17 heavy (non-hydrogen) atoms. The van der Waals surface area contributed by atoms with Gasteiger partial charge in [-0.25, -0.2) is 0 Å². The second-order valence-corrected chi connectivity index (χ2v) is 5.65. The second-order valence-electron chi connectivity index (χ2n) is 5.65. The van der Waals surface area contributed by atoms with Gasteiger partial charge in [0.2, 0.25) is 0 Å². The molecule has 1 aromatic rings. The monoisotopic (exact) mass is 233 g/mol. The number of benzene rings is 1. The Morgan fingerprint density at radius 2 is 1.82 bits per heavy atom. The highest BCUT2D eigenvalue weighted by Gasteiger charge is 2.40. The van der Waals surface area contributed by atoms with Gasteiger partial charge in [0.1, 0.15) is 13.2 Å². The fraction of sp³-hybridized carbons (Fsp3) is 0.571. The maximum absolute atomic E-state index is 5.65. The lowest BCUT2D eigenvalue weighted by atomic mass is 9.73. The molecule has 1 fully saturated rings. The quantitative estimate of drug-likeness (QED) is 0.808. The molecule has 3 rings (SSSR count). The minimum Gasteiger partial charge on any atom is -0.486 e. The zero-order valence-electron chi connectivity index (χ0n) is 10.7. The summed E-state index contributed by atoms with van der Waals surface area (Å²) in [6.07, 6.45) is 0. The first-order chi connectivity index (χ1) is 8.08. The molecule has 0 aliphatic carbocycles. The van der Waals surface area contributed by atoms with E-state index in [1.807, 2.05) is 0 Å². The van der Waals surface area contributed by atoms with E-state index in [9.17, 15) is 0 Å². The van der Waals surface area contributed by atoms with E-state index in [1.54, 1.807) is 0 Å². The van der Waals surface area contributed by atoms with Crippen LogP contribution in [0.2, 0.25) is 0 Å². The Morgan fingerprint density at radius 1 is 1.18 bits per heavy atom. The van der Waals surface area contributed by atoms with Crippen LogP contribution in [0.5, 0.6) is 11.5 Å². The molecule has 92 valence electrons. The highest BCUT2D eigenvalue weighted by atomic mass is 16.6. The van der Waals surface area contributed by atoms with Gasteiger partial charge >= 0.3 is 0 Å². The number of ether oxygens (including phenoxy) is 2. The van der Waals surface area contributed by atoms with Crippen molar-refractivity contribution < 1.29 is 9.47 Å². The van der Waals surface area contributed by atoms with Crippen molar-refractivity contribution >= 4 is 0 Å². The van der Waals surface area contributed by atoms with E-state index in [1.165, 1.54) is 11.1 Å². The molecule has 1 unspecified atom stereocenters. The number of hydrogen-bond acceptors (Lipinski definition) is 3. The van der Waals surface area contributed by atoms with Crippen molar-refractivity contribution in [2.75, 3.05) is 19.8 Å². The van der Waals surface area contributed by atoms with Crippen molar-refractivity contribution in [3.63, 3.8) is 0 Å². The van der Waals surface area contributed by atoms with Crippen LogP contribution >= 0.6 is 0 Å². The third-order valence-corrected chi connectivity index (χ3v) is 3.79. The van der Waals surface area contributed by atoms with Gasteiger partial charge in [-0.15, -0.1) is 0 Å². The van der Waals surface area contributed by atoms with Gasteiger partial charge in [0.05, 0.1) is 0 Å². The summed E-state index contributed by atoms with van der Waals surface area (Å²) in [5.74, 6) is 1.77. The molecule has 0 aromatic heterocycles. The van der Waals surface area contributed by atoms with Gasteiger partial charge < -0.3 is 14.8 Å². The lowest BCUT2D eigenvalue weighted by Gasteiger charge is -2.46. The van der Waals surface area contributed by atoms with E-state index in [0.717, 1.165) is 18.0 Å². The van der Waals surface area contributed by atoms with Crippen molar-refractivity contribution in [1.29, 1.82) is 0 Å². The topological polar surface area (TPSA) is 30.5 Å². The minimum absolute atomic E-state index is 0.328. The summed E-state index contributed by atoms with van der Waals surface area (Å²) in [6.45, 7) is 9.11. The third kappa shape index (κ3) is 1.69. The molecule has 1 atom stereocenters. The van der Waals surface area contributed by atoms with Gasteiger partial charge in [0.15, 0.2) is 11.5 Å². The van der Waals surface area contributed by atoms with Crippen LogP contribution in [0.25, 0.3) is 0 Å². The second kappa shape index (κ2) is 3.64. The summed E-state index contributed by atoms with van der Waals surface area (Å²) in [4.78, 5) is 0. The van der Waals surface area contributed by atoms with Crippen molar-refractivity contribution in [1.82, 2.24) is 5.32 Å². The molecule has 0 radical (unpaired) electrons. The summed E-state index contributed by atoms with van der Waals surface area (Å²) in [7, 11) is 0. The molecule has 0 spiro atoms. The first-order valence-electron chi connectivity index (χ1n) is 6.21. The fourth-order valence-electron chi connectivity index (χ4n) is 2.66. The van der Waals surface area contributed by atoms with Crippen LogP contribution < -0.4 is 14.8 Å². The van der Waals surface area contributed by atoms with E-state index in [0.29, 0.717) is 24.7 Å². The van der Waals surface area contributed by atoms with Crippen molar-refractivity contribution in [3.05, 3.63) is 23.3 Å². The Kier molecular flexibility index (Phi) is 2.33. The van der Waals surface area contributed by atoms with Crippen LogP contribution in [0.1, 0.15) is 31.0 Å². The van der Waals surface area contributed by atoms with Crippen LogP contribution in [0.3, 0.4) is 0 Å². The van der Waals surface area contributed by atoms with Crippen LogP contribution in [0, 0.1) is 12.3 Å². The summed E-state index contributed by atoms with van der Waals surface area (Å²) in [5.41, 5.74) is 2.94. The summed E-state index contributed by atoms with van der Waals surface area (Å²) in [6, 6.07) is 4.67. The van der Waals surface area contributed by atoms with Crippen LogP contribution in [-0.2, 0) is 0 Å². The predicted octanol–water partition coefficient (Wildman–Crippen LogP) is 2.44. The largest absolute Gasteiger partial charge is 0.486 e. The Morgan fingerprint density at radius 3 is 2.35 bits per heavy atom. The van der Waals surface area contributed by atoms with Gasteiger partial charge in [-0.05, 0) is 35.6 Å².